The first-order valence-electron chi connectivity index (χ1n) is 9.03. The zero-order valence-corrected chi connectivity index (χ0v) is 15.6. The molecule has 0 radical (unpaired) electrons. The maximum absolute atomic E-state index is 5.64. The van der Waals surface area contributed by atoms with Crippen molar-refractivity contribution in [2.75, 3.05) is 14.2 Å². The molecule has 0 spiro atoms. The third-order valence-electron chi connectivity index (χ3n) is 6.61. The van der Waals surface area contributed by atoms with Gasteiger partial charge in [0.1, 0.15) is 0 Å². The lowest BCUT2D eigenvalue weighted by molar-refractivity contribution is 0.351. The van der Waals surface area contributed by atoms with E-state index in [0.29, 0.717) is 0 Å². The fourth-order valence-electron chi connectivity index (χ4n) is 5.29. The van der Waals surface area contributed by atoms with Crippen LogP contribution in [0.4, 0.5) is 0 Å². The summed E-state index contributed by atoms with van der Waals surface area (Å²) in [6, 6.07) is 22.1. The predicted molar refractivity (Wildman–Crippen MR) is 104 cm³/mol. The number of benzene rings is 3. The van der Waals surface area contributed by atoms with Crippen LogP contribution in [0.1, 0.15) is 47.2 Å². The van der Waals surface area contributed by atoms with Crippen molar-refractivity contribution in [3.8, 4) is 11.5 Å². The van der Waals surface area contributed by atoms with E-state index in [1.807, 2.05) is 0 Å². The molecule has 0 atom stereocenters. The molecule has 0 fully saturated rings. The van der Waals surface area contributed by atoms with Gasteiger partial charge in [0.25, 0.3) is 0 Å². The maximum atomic E-state index is 5.64. The minimum Gasteiger partial charge on any atom is -0.493 e. The van der Waals surface area contributed by atoms with E-state index in [-0.39, 0.29) is 10.8 Å². The van der Waals surface area contributed by atoms with Crippen LogP contribution in [-0.4, -0.2) is 14.2 Å². The normalized spacial score (nSPS) is 24.5. The second-order valence-electron chi connectivity index (χ2n) is 7.59. The van der Waals surface area contributed by atoms with Gasteiger partial charge in [0.2, 0.25) is 0 Å². The Morgan fingerprint density at radius 2 is 0.846 bits per heavy atom. The van der Waals surface area contributed by atoms with E-state index < -0.39 is 0 Å². The van der Waals surface area contributed by atoms with Crippen LogP contribution in [0.5, 0.6) is 11.5 Å². The van der Waals surface area contributed by atoms with E-state index in [4.69, 9.17) is 9.47 Å². The first-order valence-corrected chi connectivity index (χ1v) is 9.03. The zero-order chi connectivity index (χ0) is 18.1. The summed E-state index contributed by atoms with van der Waals surface area (Å²) < 4.78 is 11.3. The van der Waals surface area contributed by atoms with Crippen LogP contribution in [0.25, 0.3) is 0 Å². The lowest BCUT2D eigenvalue weighted by atomic mass is 9.48. The number of ether oxygens (including phenoxy) is 2. The van der Waals surface area contributed by atoms with E-state index in [1.165, 1.54) is 33.4 Å². The third-order valence-corrected chi connectivity index (χ3v) is 6.61. The van der Waals surface area contributed by atoms with Crippen LogP contribution >= 0.6 is 0 Å². The molecule has 0 amide bonds. The number of hydrogen-bond donors (Lipinski definition) is 0. The number of methoxy groups -OCH3 is 2. The minimum absolute atomic E-state index is 0.195. The third kappa shape index (κ3) is 1.54. The molecule has 3 aromatic rings. The molecule has 2 nitrogen and oxygen atoms in total. The van der Waals surface area contributed by atoms with Crippen molar-refractivity contribution in [3.63, 3.8) is 0 Å². The van der Waals surface area contributed by atoms with Crippen molar-refractivity contribution in [2.45, 2.75) is 24.7 Å². The van der Waals surface area contributed by atoms with Crippen molar-refractivity contribution in [1.82, 2.24) is 0 Å². The number of hydrogen-bond acceptors (Lipinski definition) is 2. The molecule has 0 N–H and O–H groups in total. The molecule has 0 unspecified atom stereocenters. The highest BCUT2D eigenvalue weighted by molar-refractivity contribution is 5.76. The molecule has 130 valence electrons. The fourth-order valence-corrected chi connectivity index (χ4v) is 5.29. The van der Waals surface area contributed by atoms with Gasteiger partial charge >= 0.3 is 0 Å². The highest BCUT2D eigenvalue weighted by Crippen LogP contribution is 2.62. The molecule has 0 saturated heterocycles. The summed E-state index contributed by atoms with van der Waals surface area (Å²) in [5.74, 6) is 1.58. The SMILES string of the molecule is COc1cc2c(cc1OC)C1(C)c3ccccc3C2(C)c2ccccc21. The lowest BCUT2D eigenvalue weighted by Crippen LogP contribution is -2.48. The maximum Gasteiger partial charge on any atom is 0.161 e. The van der Waals surface area contributed by atoms with Gasteiger partial charge in [0.15, 0.2) is 11.5 Å². The van der Waals surface area contributed by atoms with Crippen LogP contribution in [-0.2, 0) is 10.8 Å². The standard InChI is InChI=1S/C24H22O2/c1-23-15-9-5-7-11-17(15)24(2,18-12-8-6-10-16(18)23)20-14-22(26-4)21(25-3)13-19(20)23/h5-14H,1-4H3. The average molecular weight is 342 g/mol. The van der Waals surface area contributed by atoms with Crippen molar-refractivity contribution >= 4 is 0 Å². The molecular formula is C24H22O2. The Bertz CT molecular complexity index is 917. The van der Waals surface area contributed by atoms with Crippen molar-refractivity contribution < 1.29 is 9.47 Å². The van der Waals surface area contributed by atoms with Gasteiger partial charge in [-0.15, -0.1) is 0 Å². The minimum atomic E-state index is -0.195. The summed E-state index contributed by atoms with van der Waals surface area (Å²) in [6.07, 6.45) is 0. The molecular weight excluding hydrogens is 320 g/mol. The van der Waals surface area contributed by atoms with Gasteiger partial charge < -0.3 is 9.47 Å². The second kappa shape index (κ2) is 4.91. The molecule has 0 saturated carbocycles. The Kier molecular flexibility index (Phi) is 2.93. The van der Waals surface area contributed by atoms with Gasteiger partial charge in [-0.05, 0) is 59.4 Å². The van der Waals surface area contributed by atoms with Crippen molar-refractivity contribution in [1.29, 1.82) is 0 Å². The van der Waals surface area contributed by atoms with E-state index in [0.717, 1.165) is 11.5 Å². The summed E-state index contributed by atoms with van der Waals surface area (Å²) in [5, 5.41) is 0. The Morgan fingerprint density at radius 3 is 1.12 bits per heavy atom. The molecule has 0 aromatic heterocycles. The summed E-state index contributed by atoms with van der Waals surface area (Å²) >= 11 is 0. The molecule has 0 aliphatic heterocycles. The molecule has 3 aromatic carbocycles. The Hall–Kier alpha value is -2.74. The van der Waals surface area contributed by atoms with Crippen LogP contribution in [0.15, 0.2) is 60.7 Å². The average Bonchev–Trinajstić information content (AvgIpc) is 2.70. The van der Waals surface area contributed by atoms with Crippen LogP contribution in [0, 0.1) is 0 Å². The molecule has 6 rings (SSSR count). The Morgan fingerprint density at radius 1 is 0.538 bits per heavy atom. The van der Waals surface area contributed by atoms with E-state index in [1.54, 1.807) is 14.2 Å². The van der Waals surface area contributed by atoms with Crippen molar-refractivity contribution in [3.05, 3.63) is 94.0 Å². The summed E-state index contributed by atoms with van der Waals surface area (Å²) in [4.78, 5) is 0. The summed E-state index contributed by atoms with van der Waals surface area (Å²) in [5.41, 5.74) is 7.80. The first-order chi connectivity index (χ1) is 12.6. The molecule has 3 aliphatic rings. The second-order valence-corrected chi connectivity index (χ2v) is 7.59. The predicted octanol–water partition coefficient (Wildman–Crippen LogP) is 5.04. The van der Waals surface area contributed by atoms with Gasteiger partial charge in [-0.3, -0.25) is 0 Å². The first kappa shape index (κ1) is 15.5. The van der Waals surface area contributed by atoms with Gasteiger partial charge in [-0.2, -0.15) is 0 Å². The highest BCUT2D eigenvalue weighted by atomic mass is 16.5. The summed E-state index contributed by atoms with van der Waals surface area (Å²) in [7, 11) is 3.41. The highest BCUT2D eigenvalue weighted by Gasteiger charge is 2.54. The van der Waals surface area contributed by atoms with E-state index >= 15 is 0 Å². The molecule has 2 heteroatoms. The summed E-state index contributed by atoms with van der Waals surface area (Å²) in [6.45, 7) is 4.68. The van der Waals surface area contributed by atoms with Gasteiger partial charge in [-0.1, -0.05) is 48.5 Å². The zero-order valence-electron chi connectivity index (χ0n) is 15.6. The Labute approximate surface area is 154 Å². The van der Waals surface area contributed by atoms with Gasteiger partial charge in [0.05, 0.1) is 14.2 Å². The Balaban J connectivity index is 1.98. The van der Waals surface area contributed by atoms with E-state index in [9.17, 15) is 0 Å². The number of rotatable bonds is 2. The van der Waals surface area contributed by atoms with Crippen LogP contribution in [0.2, 0.25) is 0 Å². The van der Waals surface area contributed by atoms with Gasteiger partial charge in [0, 0.05) is 10.8 Å². The van der Waals surface area contributed by atoms with Gasteiger partial charge in [-0.25, -0.2) is 0 Å². The largest absolute Gasteiger partial charge is 0.493 e. The molecule has 2 bridgehead atoms. The molecule has 3 aliphatic carbocycles. The smallest absolute Gasteiger partial charge is 0.161 e. The quantitative estimate of drug-likeness (QED) is 0.649. The van der Waals surface area contributed by atoms with Crippen molar-refractivity contribution in [2.24, 2.45) is 0 Å². The molecule has 0 heterocycles. The molecule has 26 heavy (non-hydrogen) atoms. The van der Waals surface area contributed by atoms with E-state index in [2.05, 4.69) is 74.5 Å². The van der Waals surface area contributed by atoms with Crippen LogP contribution in [0.3, 0.4) is 0 Å². The fraction of sp³-hybridized carbons (Fsp3) is 0.250. The van der Waals surface area contributed by atoms with Crippen LogP contribution < -0.4 is 9.47 Å². The topological polar surface area (TPSA) is 18.5 Å². The monoisotopic (exact) mass is 342 g/mol. The lowest BCUT2D eigenvalue weighted by Gasteiger charge is -2.54.